The van der Waals surface area contributed by atoms with E-state index in [1.54, 1.807) is 18.3 Å². The zero-order valence-corrected chi connectivity index (χ0v) is 11.6. The summed E-state index contributed by atoms with van der Waals surface area (Å²) in [5.74, 6) is -3.75. The Balaban J connectivity index is 2.03. The topological polar surface area (TPSA) is 58.2 Å². The van der Waals surface area contributed by atoms with E-state index >= 15 is 0 Å². The molecular formula is C14H14F4N2O2. The van der Waals surface area contributed by atoms with Crippen LogP contribution in [0.25, 0.3) is 0 Å². The zero-order valence-electron chi connectivity index (χ0n) is 11.6. The van der Waals surface area contributed by atoms with E-state index in [1.807, 2.05) is 0 Å². The number of anilines is 1. The summed E-state index contributed by atoms with van der Waals surface area (Å²) in [6, 6.07) is 2.16. The number of aryl methyl sites for hydroxylation is 1. The van der Waals surface area contributed by atoms with Crippen molar-refractivity contribution in [2.45, 2.75) is 32.0 Å². The van der Waals surface area contributed by atoms with Gasteiger partial charge in [-0.2, -0.15) is 13.2 Å². The Kier molecular flexibility index (Phi) is 4.39. The lowest BCUT2D eigenvalue weighted by Crippen LogP contribution is -2.53. The average molecular weight is 318 g/mol. The summed E-state index contributed by atoms with van der Waals surface area (Å²) in [6.07, 6.45) is -5.17. The van der Waals surface area contributed by atoms with Gasteiger partial charge in [-0.25, -0.2) is 4.39 Å². The second-order valence-electron chi connectivity index (χ2n) is 5.21. The van der Waals surface area contributed by atoms with Crippen LogP contribution in [-0.2, 0) is 9.59 Å². The highest BCUT2D eigenvalue weighted by Gasteiger charge is 2.45. The quantitative estimate of drug-likeness (QED) is 0.650. The minimum Gasteiger partial charge on any atom is -0.344 e. The van der Waals surface area contributed by atoms with Crippen LogP contribution < -0.4 is 10.6 Å². The number of rotatable bonds is 2. The van der Waals surface area contributed by atoms with Gasteiger partial charge in [0.05, 0.1) is 5.69 Å². The molecule has 4 nitrogen and oxygen atoms in total. The molecule has 2 N–H and O–H groups in total. The van der Waals surface area contributed by atoms with Gasteiger partial charge in [0.15, 0.2) is 0 Å². The monoisotopic (exact) mass is 318 g/mol. The molecule has 120 valence electrons. The molecule has 0 bridgehead atoms. The van der Waals surface area contributed by atoms with Crippen LogP contribution in [0, 0.1) is 18.7 Å². The third-order valence-electron chi connectivity index (χ3n) is 3.47. The van der Waals surface area contributed by atoms with Gasteiger partial charge in [-0.15, -0.1) is 0 Å². The summed E-state index contributed by atoms with van der Waals surface area (Å²) in [7, 11) is 0. The van der Waals surface area contributed by atoms with Crippen molar-refractivity contribution in [1.82, 2.24) is 5.32 Å². The number of nitrogens with one attached hydrogen (secondary N) is 2. The molecule has 8 heteroatoms. The second kappa shape index (κ2) is 5.94. The molecule has 0 unspecified atom stereocenters. The Morgan fingerprint density at radius 2 is 2.00 bits per heavy atom. The minimum atomic E-state index is -4.54. The lowest BCUT2D eigenvalue weighted by atomic mass is 9.92. The van der Waals surface area contributed by atoms with E-state index in [4.69, 9.17) is 0 Å². The highest BCUT2D eigenvalue weighted by atomic mass is 19.4. The van der Waals surface area contributed by atoms with Crippen molar-refractivity contribution in [3.8, 4) is 0 Å². The number of alkyl halides is 3. The molecule has 2 amide bonds. The van der Waals surface area contributed by atoms with Crippen molar-refractivity contribution < 1.29 is 27.2 Å². The smallest absolute Gasteiger partial charge is 0.344 e. The molecule has 2 atom stereocenters. The fourth-order valence-corrected chi connectivity index (χ4v) is 2.25. The van der Waals surface area contributed by atoms with Crippen LogP contribution in [0.2, 0.25) is 0 Å². The maximum atomic E-state index is 13.6. The maximum absolute atomic E-state index is 13.6. The molecule has 1 aromatic carbocycles. The minimum absolute atomic E-state index is 0.110. The molecule has 1 saturated heterocycles. The molecule has 0 spiro atoms. The van der Waals surface area contributed by atoms with Crippen LogP contribution in [0.4, 0.5) is 23.2 Å². The first-order chi connectivity index (χ1) is 10.2. The maximum Gasteiger partial charge on any atom is 0.408 e. The van der Waals surface area contributed by atoms with E-state index in [0.29, 0.717) is 5.56 Å². The Morgan fingerprint density at radius 1 is 1.32 bits per heavy atom. The third kappa shape index (κ3) is 3.55. The van der Waals surface area contributed by atoms with E-state index in [9.17, 15) is 27.2 Å². The van der Waals surface area contributed by atoms with Crippen molar-refractivity contribution in [2.75, 3.05) is 5.32 Å². The summed E-state index contributed by atoms with van der Waals surface area (Å²) >= 11 is 0. The molecule has 1 aliphatic heterocycles. The van der Waals surface area contributed by atoms with Gasteiger partial charge in [-0.1, -0.05) is 6.07 Å². The predicted molar refractivity (Wildman–Crippen MR) is 70.5 cm³/mol. The molecule has 22 heavy (non-hydrogen) atoms. The van der Waals surface area contributed by atoms with Crippen molar-refractivity contribution in [2.24, 2.45) is 5.92 Å². The molecule has 1 aromatic rings. The number of carbonyl (C=O) groups is 2. The molecule has 2 rings (SSSR count). The Bertz CT molecular complexity index is 601. The van der Waals surface area contributed by atoms with E-state index in [-0.39, 0.29) is 18.5 Å². The first kappa shape index (κ1) is 16.3. The van der Waals surface area contributed by atoms with Gasteiger partial charge in [0.2, 0.25) is 11.8 Å². The van der Waals surface area contributed by atoms with Crippen molar-refractivity contribution >= 4 is 17.5 Å². The third-order valence-corrected chi connectivity index (χ3v) is 3.47. The highest BCUT2D eigenvalue weighted by Crippen LogP contribution is 2.29. The molecule has 0 aliphatic carbocycles. The Labute approximate surface area is 123 Å². The predicted octanol–water partition coefficient (Wildman–Crippen LogP) is 2.53. The van der Waals surface area contributed by atoms with Crippen molar-refractivity contribution in [3.63, 3.8) is 0 Å². The number of hydrogen-bond donors (Lipinski definition) is 2. The number of carbonyl (C=O) groups excluding carboxylic acids is 2. The fraction of sp³-hybridized carbons (Fsp3) is 0.429. The van der Waals surface area contributed by atoms with Gasteiger partial charge in [0.1, 0.15) is 17.8 Å². The number of halogens is 4. The van der Waals surface area contributed by atoms with Gasteiger partial charge in [0, 0.05) is 0 Å². The van der Waals surface area contributed by atoms with Crippen LogP contribution in [-0.4, -0.2) is 24.0 Å². The molecule has 0 saturated carbocycles. The molecule has 0 radical (unpaired) electrons. The molecule has 1 fully saturated rings. The van der Waals surface area contributed by atoms with E-state index in [2.05, 4.69) is 5.32 Å². The zero-order chi connectivity index (χ0) is 16.5. The highest BCUT2D eigenvalue weighted by molar-refractivity contribution is 6.06. The molecule has 0 aromatic heterocycles. The van der Waals surface area contributed by atoms with Crippen molar-refractivity contribution in [3.05, 3.63) is 29.6 Å². The Morgan fingerprint density at radius 3 is 2.55 bits per heavy atom. The summed E-state index contributed by atoms with van der Waals surface area (Å²) in [5, 5.41) is 4.01. The van der Waals surface area contributed by atoms with Crippen LogP contribution in [0.3, 0.4) is 0 Å². The average Bonchev–Trinajstić information content (AvgIpc) is 2.40. The lowest BCUT2D eigenvalue weighted by Gasteiger charge is -2.29. The van der Waals surface area contributed by atoms with Crippen LogP contribution in [0.15, 0.2) is 18.2 Å². The first-order valence-corrected chi connectivity index (χ1v) is 6.62. The first-order valence-electron chi connectivity index (χ1n) is 6.62. The van der Waals surface area contributed by atoms with Crippen LogP contribution >= 0.6 is 0 Å². The van der Waals surface area contributed by atoms with Crippen molar-refractivity contribution in [1.29, 1.82) is 0 Å². The lowest BCUT2D eigenvalue weighted by molar-refractivity contribution is -0.170. The second-order valence-corrected chi connectivity index (χ2v) is 5.21. The van der Waals surface area contributed by atoms with E-state index in [1.165, 1.54) is 12.1 Å². The summed E-state index contributed by atoms with van der Waals surface area (Å²) in [4.78, 5) is 23.6. The van der Waals surface area contributed by atoms with Gasteiger partial charge in [0.25, 0.3) is 0 Å². The SMILES string of the molecule is Cc1ccc(NC(=O)[C@@H]2CC[C@H](C(F)(F)F)NC2=O)c(F)c1. The van der Waals surface area contributed by atoms with Gasteiger partial charge < -0.3 is 10.6 Å². The van der Waals surface area contributed by atoms with Gasteiger partial charge in [-0.05, 0) is 37.5 Å². The number of hydrogen-bond acceptors (Lipinski definition) is 2. The van der Waals surface area contributed by atoms with Crippen LogP contribution in [0.5, 0.6) is 0 Å². The van der Waals surface area contributed by atoms with Gasteiger partial charge >= 0.3 is 6.18 Å². The summed E-state index contributed by atoms with van der Waals surface area (Å²) in [6.45, 7) is 1.67. The summed E-state index contributed by atoms with van der Waals surface area (Å²) < 4.78 is 51.2. The summed E-state index contributed by atoms with van der Waals surface area (Å²) in [5.41, 5.74) is 0.542. The molecule has 1 aliphatic rings. The standard InChI is InChI=1S/C14H14F4N2O2/c1-7-2-4-10(9(15)6-7)19-12(21)8-3-5-11(14(16,17)18)20-13(8)22/h2,4,6,8,11H,3,5H2,1H3,(H,19,21)(H,20,22)/t8-,11+/m0/s1. The largest absolute Gasteiger partial charge is 0.408 e. The molecule has 1 heterocycles. The number of piperidine rings is 1. The Hall–Kier alpha value is -2.12. The fourth-order valence-electron chi connectivity index (χ4n) is 2.25. The molecular weight excluding hydrogens is 304 g/mol. The number of amides is 2. The van der Waals surface area contributed by atoms with Crippen LogP contribution in [0.1, 0.15) is 18.4 Å². The van der Waals surface area contributed by atoms with E-state index < -0.39 is 35.8 Å². The van der Waals surface area contributed by atoms with E-state index in [0.717, 1.165) is 0 Å². The van der Waals surface area contributed by atoms with Gasteiger partial charge in [-0.3, -0.25) is 9.59 Å². The number of benzene rings is 1. The normalized spacial score (nSPS) is 22.1.